The van der Waals surface area contributed by atoms with Gasteiger partial charge in [-0.2, -0.15) is 0 Å². The fraction of sp³-hybridized carbons (Fsp3) is 0.727. The Morgan fingerprint density at radius 3 is 2.18 bits per heavy atom. The van der Waals surface area contributed by atoms with Gasteiger partial charge in [0.15, 0.2) is 0 Å². The Bertz CT molecular complexity index is 294. The van der Waals surface area contributed by atoms with Crippen molar-refractivity contribution < 1.29 is 19.5 Å². The fourth-order valence-electron chi connectivity index (χ4n) is 0.956. The van der Waals surface area contributed by atoms with E-state index >= 15 is 0 Å². The Hall–Kier alpha value is -1.59. The number of rotatable bonds is 6. The zero-order chi connectivity index (χ0) is 13.5. The highest BCUT2D eigenvalue weighted by molar-refractivity contribution is 5.87. The van der Waals surface area contributed by atoms with Gasteiger partial charge in [0.2, 0.25) is 11.8 Å². The van der Waals surface area contributed by atoms with Crippen molar-refractivity contribution in [3.8, 4) is 0 Å². The van der Waals surface area contributed by atoms with Crippen LogP contribution in [-0.4, -0.2) is 36.0 Å². The molecule has 3 N–H and O–H groups in total. The predicted molar refractivity (Wildman–Crippen MR) is 62.3 cm³/mol. The first-order valence-corrected chi connectivity index (χ1v) is 5.50. The maximum atomic E-state index is 11.4. The molecule has 0 radical (unpaired) electrons. The van der Waals surface area contributed by atoms with Crippen molar-refractivity contribution in [1.82, 2.24) is 10.6 Å². The minimum atomic E-state index is -0.889. The van der Waals surface area contributed by atoms with Crippen molar-refractivity contribution in [3.05, 3.63) is 0 Å². The van der Waals surface area contributed by atoms with Crippen molar-refractivity contribution in [2.45, 2.75) is 33.6 Å². The number of nitrogens with one attached hydrogen (secondary N) is 2. The lowest BCUT2D eigenvalue weighted by Crippen LogP contribution is -2.41. The number of carbonyl (C=O) groups excluding carboxylic acids is 2. The molecular formula is C11H20N2O4. The lowest BCUT2D eigenvalue weighted by atomic mass is 9.96. The molecule has 0 aromatic rings. The van der Waals surface area contributed by atoms with E-state index in [1.54, 1.807) is 20.8 Å². The van der Waals surface area contributed by atoms with Gasteiger partial charge in [0.1, 0.15) is 0 Å². The minimum absolute atomic E-state index is 0.0225. The van der Waals surface area contributed by atoms with Crippen LogP contribution in [0.4, 0.5) is 0 Å². The Morgan fingerprint density at radius 2 is 1.71 bits per heavy atom. The Labute approximate surface area is 101 Å². The van der Waals surface area contributed by atoms with E-state index in [0.717, 1.165) is 0 Å². The summed E-state index contributed by atoms with van der Waals surface area (Å²) < 4.78 is 0. The van der Waals surface area contributed by atoms with E-state index in [-0.39, 0.29) is 24.8 Å². The molecule has 0 aliphatic heterocycles. The molecule has 0 saturated carbocycles. The molecule has 2 amide bonds. The fourth-order valence-corrected chi connectivity index (χ4v) is 0.956. The number of carboxylic acids is 1. The second-order valence-corrected chi connectivity index (χ2v) is 4.78. The average Bonchev–Trinajstić information content (AvgIpc) is 2.19. The molecule has 0 aromatic heterocycles. The summed E-state index contributed by atoms with van der Waals surface area (Å²) in [5.74, 6) is -1.40. The molecule has 0 atom stereocenters. The molecule has 98 valence electrons. The van der Waals surface area contributed by atoms with Crippen LogP contribution in [0.3, 0.4) is 0 Å². The van der Waals surface area contributed by atoms with Gasteiger partial charge in [-0.05, 0) is 6.42 Å². The van der Waals surface area contributed by atoms with Gasteiger partial charge in [0.25, 0.3) is 0 Å². The van der Waals surface area contributed by atoms with E-state index < -0.39 is 11.4 Å². The summed E-state index contributed by atoms with van der Waals surface area (Å²) in [6.45, 7) is 5.49. The van der Waals surface area contributed by atoms with Crippen LogP contribution in [0.5, 0.6) is 0 Å². The molecule has 0 heterocycles. The molecule has 6 heteroatoms. The second kappa shape index (κ2) is 6.88. The Kier molecular flexibility index (Phi) is 6.23. The third-order valence-electron chi connectivity index (χ3n) is 1.98. The predicted octanol–water partition coefficient (Wildman–Crippen LogP) is 0.130. The summed E-state index contributed by atoms with van der Waals surface area (Å²) >= 11 is 0. The molecule has 0 unspecified atom stereocenters. The number of aliphatic carboxylic acids is 1. The molecule has 0 aliphatic rings. The molecule has 17 heavy (non-hydrogen) atoms. The van der Waals surface area contributed by atoms with Gasteiger partial charge in [-0.25, -0.2) is 0 Å². The monoisotopic (exact) mass is 244 g/mol. The smallest absolute Gasteiger partial charge is 0.303 e. The second-order valence-electron chi connectivity index (χ2n) is 4.78. The van der Waals surface area contributed by atoms with Crippen LogP contribution in [0.15, 0.2) is 0 Å². The topological polar surface area (TPSA) is 95.5 Å². The summed E-state index contributed by atoms with van der Waals surface area (Å²) in [5, 5.41) is 13.4. The van der Waals surface area contributed by atoms with Gasteiger partial charge < -0.3 is 15.7 Å². The van der Waals surface area contributed by atoms with Crippen molar-refractivity contribution >= 4 is 17.8 Å². The number of hydrogen-bond donors (Lipinski definition) is 3. The third kappa shape index (κ3) is 8.24. The van der Waals surface area contributed by atoms with Gasteiger partial charge >= 0.3 is 5.97 Å². The number of amides is 2. The quantitative estimate of drug-likeness (QED) is 0.579. The Morgan fingerprint density at radius 1 is 1.12 bits per heavy atom. The molecule has 0 rings (SSSR count). The average molecular weight is 244 g/mol. The summed E-state index contributed by atoms with van der Waals surface area (Å²) in [4.78, 5) is 32.9. The molecule has 0 bridgehead atoms. The summed E-state index contributed by atoms with van der Waals surface area (Å²) in [6, 6.07) is 0. The lowest BCUT2D eigenvalue weighted by molar-refractivity contribution is -0.137. The maximum absolute atomic E-state index is 11.4. The minimum Gasteiger partial charge on any atom is -0.481 e. The SMILES string of the molecule is CC(C)(C)C(=O)NCC(=O)NCCCC(=O)O. The third-order valence-corrected chi connectivity index (χ3v) is 1.98. The molecule has 0 aliphatic carbocycles. The summed E-state index contributed by atoms with van der Waals surface area (Å²) in [6.07, 6.45) is 0.406. The maximum Gasteiger partial charge on any atom is 0.303 e. The van der Waals surface area contributed by atoms with Gasteiger partial charge in [-0.15, -0.1) is 0 Å². The van der Waals surface area contributed by atoms with Crippen LogP contribution in [0.25, 0.3) is 0 Å². The number of carbonyl (C=O) groups is 3. The van der Waals surface area contributed by atoms with Crippen molar-refractivity contribution in [1.29, 1.82) is 0 Å². The van der Waals surface area contributed by atoms with Crippen molar-refractivity contribution in [2.75, 3.05) is 13.1 Å². The van der Waals surface area contributed by atoms with Crippen LogP contribution < -0.4 is 10.6 Å². The number of carboxylic acid groups (broad SMARTS) is 1. The Balaban J connectivity index is 3.67. The largest absolute Gasteiger partial charge is 0.481 e. The van der Waals surface area contributed by atoms with E-state index in [1.807, 2.05) is 0 Å². The molecule has 6 nitrogen and oxygen atoms in total. The van der Waals surface area contributed by atoms with Gasteiger partial charge in [-0.1, -0.05) is 20.8 Å². The molecule has 0 saturated heterocycles. The standard InChI is InChI=1S/C11H20N2O4/c1-11(2,3)10(17)13-7-8(14)12-6-4-5-9(15)16/h4-7H2,1-3H3,(H,12,14)(H,13,17)(H,15,16). The summed E-state index contributed by atoms with van der Waals surface area (Å²) in [7, 11) is 0. The van der Waals surface area contributed by atoms with Gasteiger partial charge in [0, 0.05) is 18.4 Å². The van der Waals surface area contributed by atoms with E-state index in [9.17, 15) is 14.4 Å². The normalized spacial score (nSPS) is 10.8. The highest BCUT2D eigenvalue weighted by Gasteiger charge is 2.21. The van der Waals surface area contributed by atoms with Gasteiger partial charge in [-0.3, -0.25) is 14.4 Å². The number of hydrogen-bond acceptors (Lipinski definition) is 3. The van der Waals surface area contributed by atoms with E-state index in [2.05, 4.69) is 10.6 Å². The first-order valence-electron chi connectivity index (χ1n) is 5.50. The highest BCUT2D eigenvalue weighted by Crippen LogP contribution is 2.11. The zero-order valence-corrected chi connectivity index (χ0v) is 10.5. The van der Waals surface area contributed by atoms with Crippen LogP contribution in [0, 0.1) is 5.41 Å². The van der Waals surface area contributed by atoms with Crippen LogP contribution >= 0.6 is 0 Å². The first kappa shape index (κ1) is 15.4. The van der Waals surface area contributed by atoms with Crippen molar-refractivity contribution in [2.24, 2.45) is 5.41 Å². The van der Waals surface area contributed by atoms with E-state index in [1.165, 1.54) is 0 Å². The van der Waals surface area contributed by atoms with Crippen molar-refractivity contribution in [3.63, 3.8) is 0 Å². The lowest BCUT2D eigenvalue weighted by Gasteiger charge is -2.17. The van der Waals surface area contributed by atoms with E-state index in [4.69, 9.17) is 5.11 Å². The van der Waals surface area contributed by atoms with E-state index in [0.29, 0.717) is 13.0 Å². The van der Waals surface area contributed by atoms with Crippen LogP contribution in [-0.2, 0) is 14.4 Å². The first-order chi connectivity index (χ1) is 7.73. The highest BCUT2D eigenvalue weighted by atomic mass is 16.4. The molecule has 0 aromatic carbocycles. The summed E-state index contributed by atoms with van der Waals surface area (Å²) in [5.41, 5.74) is -0.524. The van der Waals surface area contributed by atoms with Crippen LogP contribution in [0.2, 0.25) is 0 Å². The zero-order valence-electron chi connectivity index (χ0n) is 10.5. The molecule has 0 spiro atoms. The molecular weight excluding hydrogens is 224 g/mol. The van der Waals surface area contributed by atoms with Crippen LogP contribution in [0.1, 0.15) is 33.6 Å². The van der Waals surface area contributed by atoms with Gasteiger partial charge in [0.05, 0.1) is 6.54 Å². The molecule has 0 fully saturated rings.